The van der Waals surface area contributed by atoms with Gasteiger partial charge in [-0.1, -0.05) is 18.5 Å². The van der Waals surface area contributed by atoms with Crippen molar-refractivity contribution in [3.63, 3.8) is 0 Å². The summed E-state index contributed by atoms with van der Waals surface area (Å²) in [4.78, 5) is 11.9. The van der Waals surface area contributed by atoms with Crippen LogP contribution in [0.2, 0.25) is 5.02 Å². The van der Waals surface area contributed by atoms with Gasteiger partial charge < -0.3 is 9.47 Å². The van der Waals surface area contributed by atoms with Gasteiger partial charge >= 0.3 is 0 Å². The van der Waals surface area contributed by atoms with Gasteiger partial charge in [-0.15, -0.1) is 0 Å². The van der Waals surface area contributed by atoms with Gasteiger partial charge in [0.15, 0.2) is 5.78 Å². The average Bonchev–Trinajstić information content (AvgIpc) is 2.34. The highest BCUT2D eigenvalue weighted by molar-refractivity contribution is 6.31. The standard InChI is InChI=1S/C13H17ClO3/c1-3-7-17-8-6-12(15)11-9-10(14)4-5-13(11)16-2/h4-5,9H,3,6-8H2,1-2H3. The highest BCUT2D eigenvalue weighted by Crippen LogP contribution is 2.23. The van der Waals surface area contributed by atoms with Crippen LogP contribution in [-0.2, 0) is 4.74 Å². The molecule has 0 spiro atoms. The van der Waals surface area contributed by atoms with Crippen LogP contribution in [-0.4, -0.2) is 26.1 Å². The molecule has 0 aromatic heterocycles. The minimum atomic E-state index is -0.0135. The van der Waals surface area contributed by atoms with E-state index in [4.69, 9.17) is 21.1 Å². The topological polar surface area (TPSA) is 35.5 Å². The lowest BCUT2D eigenvalue weighted by Crippen LogP contribution is -2.07. The Hall–Kier alpha value is -1.06. The summed E-state index contributed by atoms with van der Waals surface area (Å²) in [7, 11) is 1.54. The largest absolute Gasteiger partial charge is 0.496 e. The van der Waals surface area contributed by atoms with Gasteiger partial charge in [-0.05, 0) is 24.6 Å². The van der Waals surface area contributed by atoms with Crippen molar-refractivity contribution >= 4 is 17.4 Å². The fourth-order valence-electron chi connectivity index (χ4n) is 1.44. The Morgan fingerprint density at radius 2 is 2.12 bits per heavy atom. The molecule has 0 aliphatic carbocycles. The second-order valence-corrected chi connectivity index (χ2v) is 4.07. The van der Waals surface area contributed by atoms with Crippen LogP contribution in [0.3, 0.4) is 0 Å². The van der Waals surface area contributed by atoms with Crippen LogP contribution in [0, 0.1) is 0 Å². The molecule has 0 unspecified atom stereocenters. The first-order chi connectivity index (χ1) is 8.19. The van der Waals surface area contributed by atoms with Crippen LogP contribution < -0.4 is 4.74 Å². The Bertz CT molecular complexity index is 377. The fourth-order valence-corrected chi connectivity index (χ4v) is 1.62. The number of ketones is 1. The molecule has 4 heteroatoms. The van der Waals surface area contributed by atoms with E-state index < -0.39 is 0 Å². The average molecular weight is 257 g/mol. The fraction of sp³-hybridized carbons (Fsp3) is 0.462. The molecular formula is C13H17ClO3. The minimum absolute atomic E-state index is 0.0135. The Morgan fingerprint density at radius 1 is 1.35 bits per heavy atom. The van der Waals surface area contributed by atoms with Crippen LogP contribution in [0.25, 0.3) is 0 Å². The van der Waals surface area contributed by atoms with Gasteiger partial charge in [-0.25, -0.2) is 0 Å². The molecule has 1 rings (SSSR count). The molecule has 0 N–H and O–H groups in total. The van der Waals surface area contributed by atoms with Gasteiger partial charge in [-0.3, -0.25) is 4.79 Å². The van der Waals surface area contributed by atoms with Crippen molar-refractivity contribution < 1.29 is 14.3 Å². The van der Waals surface area contributed by atoms with Crippen molar-refractivity contribution in [1.82, 2.24) is 0 Å². The summed E-state index contributed by atoms with van der Waals surface area (Å²) in [5.41, 5.74) is 0.514. The Labute approximate surface area is 107 Å². The number of Topliss-reactive ketones (excluding diaryl/α,β-unsaturated/α-hetero) is 1. The number of ether oxygens (including phenoxy) is 2. The summed E-state index contributed by atoms with van der Waals surface area (Å²) < 4.78 is 10.4. The van der Waals surface area contributed by atoms with E-state index >= 15 is 0 Å². The molecule has 0 saturated heterocycles. The van der Waals surface area contributed by atoms with Crippen molar-refractivity contribution in [2.75, 3.05) is 20.3 Å². The number of halogens is 1. The summed E-state index contributed by atoms with van der Waals surface area (Å²) in [5, 5.41) is 0.531. The van der Waals surface area contributed by atoms with Gasteiger partial charge in [0.2, 0.25) is 0 Å². The van der Waals surface area contributed by atoms with Gasteiger partial charge in [0.1, 0.15) is 5.75 Å². The van der Waals surface area contributed by atoms with E-state index in [1.807, 2.05) is 6.92 Å². The first-order valence-corrected chi connectivity index (χ1v) is 6.01. The zero-order valence-electron chi connectivity index (χ0n) is 10.2. The molecule has 0 atom stereocenters. The zero-order valence-corrected chi connectivity index (χ0v) is 10.9. The first-order valence-electron chi connectivity index (χ1n) is 5.63. The van der Waals surface area contributed by atoms with Gasteiger partial charge in [0.05, 0.1) is 19.3 Å². The number of methoxy groups -OCH3 is 1. The molecule has 0 bridgehead atoms. The monoisotopic (exact) mass is 256 g/mol. The molecule has 0 amide bonds. The number of hydrogen-bond donors (Lipinski definition) is 0. The Kier molecular flexibility index (Phi) is 6.01. The highest BCUT2D eigenvalue weighted by Gasteiger charge is 2.12. The molecule has 0 heterocycles. The predicted octanol–water partition coefficient (Wildman–Crippen LogP) is 3.35. The predicted molar refractivity (Wildman–Crippen MR) is 68.1 cm³/mol. The number of hydrogen-bond acceptors (Lipinski definition) is 3. The van der Waals surface area contributed by atoms with Crippen LogP contribution in [0.15, 0.2) is 18.2 Å². The van der Waals surface area contributed by atoms with E-state index in [1.54, 1.807) is 18.2 Å². The first kappa shape index (κ1) is 14.0. The molecule has 1 aromatic carbocycles. The lowest BCUT2D eigenvalue weighted by molar-refractivity contribution is 0.0876. The lowest BCUT2D eigenvalue weighted by Gasteiger charge is -2.08. The van der Waals surface area contributed by atoms with E-state index in [0.717, 1.165) is 6.42 Å². The molecular weight excluding hydrogens is 240 g/mol. The molecule has 1 aromatic rings. The van der Waals surface area contributed by atoms with E-state index in [2.05, 4.69) is 0 Å². The summed E-state index contributed by atoms with van der Waals surface area (Å²) in [5.74, 6) is 0.537. The van der Waals surface area contributed by atoms with Crippen LogP contribution in [0.4, 0.5) is 0 Å². The summed E-state index contributed by atoms with van der Waals surface area (Å²) in [6, 6.07) is 5.02. The summed E-state index contributed by atoms with van der Waals surface area (Å²) >= 11 is 5.86. The van der Waals surface area contributed by atoms with Crippen molar-refractivity contribution in [3.8, 4) is 5.75 Å². The minimum Gasteiger partial charge on any atom is -0.496 e. The maximum Gasteiger partial charge on any atom is 0.168 e. The number of carbonyl (C=O) groups is 1. The zero-order chi connectivity index (χ0) is 12.7. The van der Waals surface area contributed by atoms with Crippen molar-refractivity contribution in [3.05, 3.63) is 28.8 Å². The third-order valence-electron chi connectivity index (χ3n) is 2.28. The molecule has 17 heavy (non-hydrogen) atoms. The quantitative estimate of drug-likeness (QED) is 0.554. The molecule has 3 nitrogen and oxygen atoms in total. The van der Waals surface area contributed by atoms with Crippen LogP contribution in [0.5, 0.6) is 5.75 Å². The molecule has 0 aliphatic rings. The molecule has 0 fully saturated rings. The van der Waals surface area contributed by atoms with Crippen molar-refractivity contribution in [2.24, 2.45) is 0 Å². The molecule has 0 aliphatic heterocycles. The number of benzene rings is 1. The van der Waals surface area contributed by atoms with Crippen molar-refractivity contribution in [2.45, 2.75) is 19.8 Å². The second-order valence-electron chi connectivity index (χ2n) is 3.63. The molecule has 94 valence electrons. The maximum absolute atomic E-state index is 11.9. The van der Waals surface area contributed by atoms with Gasteiger partial charge in [0, 0.05) is 18.1 Å². The summed E-state index contributed by atoms with van der Waals surface area (Å²) in [6.07, 6.45) is 1.30. The molecule has 0 saturated carbocycles. The highest BCUT2D eigenvalue weighted by atomic mass is 35.5. The maximum atomic E-state index is 11.9. The smallest absolute Gasteiger partial charge is 0.168 e. The van der Waals surface area contributed by atoms with E-state index in [9.17, 15) is 4.79 Å². The Morgan fingerprint density at radius 3 is 2.76 bits per heavy atom. The van der Waals surface area contributed by atoms with E-state index in [-0.39, 0.29) is 5.78 Å². The summed E-state index contributed by atoms with van der Waals surface area (Å²) in [6.45, 7) is 3.14. The van der Waals surface area contributed by atoms with E-state index in [0.29, 0.717) is 36.0 Å². The third kappa shape index (κ3) is 4.36. The normalized spacial score (nSPS) is 10.3. The Balaban J connectivity index is 2.64. The third-order valence-corrected chi connectivity index (χ3v) is 2.52. The SMILES string of the molecule is CCCOCCC(=O)c1cc(Cl)ccc1OC. The van der Waals surface area contributed by atoms with Crippen molar-refractivity contribution in [1.29, 1.82) is 0 Å². The van der Waals surface area contributed by atoms with E-state index in [1.165, 1.54) is 7.11 Å². The van der Waals surface area contributed by atoms with Gasteiger partial charge in [0.25, 0.3) is 0 Å². The molecule has 0 radical (unpaired) electrons. The number of rotatable bonds is 7. The van der Waals surface area contributed by atoms with Crippen LogP contribution >= 0.6 is 11.6 Å². The number of carbonyl (C=O) groups excluding carboxylic acids is 1. The van der Waals surface area contributed by atoms with Gasteiger partial charge in [-0.2, -0.15) is 0 Å². The second kappa shape index (κ2) is 7.30. The lowest BCUT2D eigenvalue weighted by atomic mass is 10.1. The van der Waals surface area contributed by atoms with Crippen LogP contribution in [0.1, 0.15) is 30.1 Å².